The second kappa shape index (κ2) is 8.41. The molecule has 1 aromatic rings. The minimum atomic E-state index is -0.881. The van der Waals surface area contributed by atoms with Crippen LogP contribution < -0.4 is 0 Å². The van der Waals surface area contributed by atoms with Gasteiger partial charge in [-0.2, -0.15) is 0 Å². The standard InChI is InChI=1S/C19H28ClFN2O/c1-13(2)19(24)16(14-5-7-15(20)8-6-14)11-23-10-9-18(22(3)4)17(21)12-23/h5-8,13,16-18H,9-12H2,1-4H3/t16?,17-,18+/m0/s1. The van der Waals surface area contributed by atoms with Gasteiger partial charge in [0, 0.05) is 30.1 Å². The largest absolute Gasteiger partial charge is 0.303 e. The quantitative estimate of drug-likeness (QED) is 0.779. The van der Waals surface area contributed by atoms with Crippen LogP contribution in [0.3, 0.4) is 0 Å². The van der Waals surface area contributed by atoms with E-state index in [9.17, 15) is 9.18 Å². The Balaban J connectivity index is 2.12. The van der Waals surface area contributed by atoms with Gasteiger partial charge in [-0.3, -0.25) is 9.69 Å². The number of hydrogen-bond acceptors (Lipinski definition) is 3. The smallest absolute Gasteiger partial charge is 0.144 e. The van der Waals surface area contributed by atoms with E-state index in [1.165, 1.54) is 0 Å². The molecule has 3 nitrogen and oxygen atoms in total. The first kappa shape index (κ1) is 19.4. The minimum absolute atomic E-state index is 0.0315. The van der Waals surface area contributed by atoms with Gasteiger partial charge in [0.05, 0.1) is 5.92 Å². The molecular formula is C19H28ClFN2O. The highest BCUT2D eigenvalue weighted by molar-refractivity contribution is 6.30. The molecule has 1 aromatic carbocycles. The van der Waals surface area contributed by atoms with Crippen molar-refractivity contribution >= 4 is 17.4 Å². The summed E-state index contributed by atoms with van der Waals surface area (Å²) < 4.78 is 14.4. The number of ketones is 1. The van der Waals surface area contributed by atoms with Crippen LogP contribution in [0.4, 0.5) is 4.39 Å². The monoisotopic (exact) mass is 354 g/mol. The summed E-state index contributed by atoms with van der Waals surface area (Å²) in [6, 6.07) is 7.41. The van der Waals surface area contributed by atoms with Crippen LogP contribution in [-0.2, 0) is 4.79 Å². The maximum absolute atomic E-state index is 14.4. The van der Waals surface area contributed by atoms with Crippen LogP contribution >= 0.6 is 11.6 Å². The molecule has 1 saturated heterocycles. The Kier molecular flexibility index (Phi) is 6.79. The average Bonchev–Trinajstić information content (AvgIpc) is 2.52. The lowest BCUT2D eigenvalue weighted by molar-refractivity contribution is -0.124. The van der Waals surface area contributed by atoms with Crippen molar-refractivity contribution in [2.75, 3.05) is 33.7 Å². The number of halogens is 2. The zero-order valence-corrected chi connectivity index (χ0v) is 15.8. The highest BCUT2D eigenvalue weighted by Gasteiger charge is 2.33. The van der Waals surface area contributed by atoms with Crippen molar-refractivity contribution in [2.24, 2.45) is 5.92 Å². The normalized spacial score (nSPS) is 23.7. The Morgan fingerprint density at radius 1 is 1.33 bits per heavy atom. The number of likely N-dealkylation sites (tertiary alicyclic amines) is 1. The van der Waals surface area contributed by atoms with Crippen LogP contribution in [0.15, 0.2) is 24.3 Å². The Morgan fingerprint density at radius 2 is 1.96 bits per heavy atom. The summed E-state index contributed by atoms with van der Waals surface area (Å²) in [5, 5.41) is 0.658. The van der Waals surface area contributed by atoms with Gasteiger partial charge in [-0.1, -0.05) is 37.6 Å². The van der Waals surface area contributed by atoms with Crippen LogP contribution in [0.5, 0.6) is 0 Å². The fraction of sp³-hybridized carbons (Fsp3) is 0.632. The van der Waals surface area contributed by atoms with Crippen LogP contribution in [0.1, 0.15) is 31.7 Å². The SMILES string of the molecule is CC(C)C(=O)C(CN1CC[C@@H](N(C)C)[C@@H](F)C1)c1ccc(Cl)cc1. The topological polar surface area (TPSA) is 23.6 Å². The Hall–Kier alpha value is -0.970. The van der Waals surface area contributed by atoms with Gasteiger partial charge in [-0.25, -0.2) is 4.39 Å². The number of carbonyl (C=O) groups is 1. The van der Waals surface area contributed by atoms with E-state index in [1.807, 2.05) is 57.1 Å². The van der Waals surface area contributed by atoms with Crippen molar-refractivity contribution < 1.29 is 9.18 Å². The van der Waals surface area contributed by atoms with Gasteiger partial charge in [0.2, 0.25) is 0 Å². The van der Waals surface area contributed by atoms with E-state index in [0.29, 0.717) is 18.1 Å². The van der Waals surface area contributed by atoms with E-state index in [2.05, 4.69) is 4.90 Å². The molecule has 2 rings (SSSR count). The average molecular weight is 355 g/mol. The molecule has 0 N–H and O–H groups in total. The van der Waals surface area contributed by atoms with E-state index in [-0.39, 0.29) is 23.7 Å². The summed E-state index contributed by atoms with van der Waals surface area (Å²) in [5.74, 6) is -0.0843. The summed E-state index contributed by atoms with van der Waals surface area (Å²) in [4.78, 5) is 16.7. The molecule has 1 aliphatic rings. The summed E-state index contributed by atoms with van der Waals surface area (Å²) in [7, 11) is 3.84. The summed E-state index contributed by atoms with van der Waals surface area (Å²) in [6.45, 7) is 5.61. The Morgan fingerprint density at radius 3 is 2.46 bits per heavy atom. The molecule has 134 valence electrons. The second-order valence-electron chi connectivity index (χ2n) is 7.26. The summed E-state index contributed by atoms with van der Waals surface area (Å²) in [6.07, 6.45) is -0.0917. The van der Waals surface area contributed by atoms with Crippen LogP contribution in [-0.4, -0.2) is 61.5 Å². The third-order valence-electron chi connectivity index (χ3n) is 4.88. The molecule has 0 saturated carbocycles. The highest BCUT2D eigenvalue weighted by atomic mass is 35.5. The molecule has 24 heavy (non-hydrogen) atoms. The third-order valence-corrected chi connectivity index (χ3v) is 5.13. The molecule has 0 spiro atoms. The molecule has 0 bridgehead atoms. The number of benzene rings is 1. The fourth-order valence-corrected chi connectivity index (χ4v) is 3.54. The van der Waals surface area contributed by atoms with Gasteiger partial charge in [0.25, 0.3) is 0 Å². The first-order chi connectivity index (χ1) is 11.3. The maximum Gasteiger partial charge on any atom is 0.144 e. The van der Waals surface area contributed by atoms with Gasteiger partial charge >= 0.3 is 0 Å². The molecule has 1 aliphatic heterocycles. The summed E-state index contributed by atoms with van der Waals surface area (Å²) in [5.41, 5.74) is 0.961. The van der Waals surface area contributed by atoms with Crippen molar-refractivity contribution in [3.8, 4) is 0 Å². The predicted octanol–water partition coefficient (Wildman–Crippen LogP) is 3.62. The molecule has 0 aromatic heterocycles. The van der Waals surface area contributed by atoms with Gasteiger partial charge in [0.15, 0.2) is 0 Å². The van der Waals surface area contributed by atoms with Crippen molar-refractivity contribution in [3.63, 3.8) is 0 Å². The van der Waals surface area contributed by atoms with Gasteiger partial charge in [-0.05, 0) is 44.8 Å². The molecule has 0 radical (unpaired) electrons. The minimum Gasteiger partial charge on any atom is -0.303 e. The first-order valence-corrected chi connectivity index (χ1v) is 8.99. The number of Topliss-reactive ketones (excluding diaryl/α,β-unsaturated/α-hetero) is 1. The lowest BCUT2D eigenvalue weighted by Gasteiger charge is -2.39. The summed E-state index contributed by atoms with van der Waals surface area (Å²) >= 11 is 5.97. The number of piperidine rings is 1. The van der Waals surface area contributed by atoms with Gasteiger partial charge in [-0.15, -0.1) is 0 Å². The van der Waals surface area contributed by atoms with Crippen LogP contribution in [0.2, 0.25) is 5.02 Å². The predicted molar refractivity (Wildman–Crippen MR) is 97.5 cm³/mol. The van der Waals surface area contributed by atoms with Crippen molar-refractivity contribution in [2.45, 2.75) is 38.4 Å². The van der Waals surface area contributed by atoms with E-state index >= 15 is 0 Å². The molecule has 0 amide bonds. The van der Waals surface area contributed by atoms with E-state index < -0.39 is 6.17 Å². The van der Waals surface area contributed by atoms with Crippen molar-refractivity contribution in [1.29, 1.82) is 0 Å². The lowest BCUT2D eigenvalue weighted by atomic mass is 9.87. The number of nitrogens with zero attached hydrogens (tertiary/aromatic N) is 2. The molecule has 3 atom stereocenters. The van der Waals surface area contributed by atoms with E-state index in [1.54, 1.807) is 0 Å². The number of hydrogen-bond donors (Lipinski definition) is 0. The van der Waals surface area contributed by atoms with Crippen LogP contribution in [0.25, 0.3) is 0 Å². The maximum atomic E-state index is 14.4. The molecule has 5 heteroatoms. The van der Waals surface area contributed by atoms with Gasteiger partial charge in [0.1, 0.15) is 12.0 Å². The highest BCUT2D eigenvalue weighted by Crippen LogP contribution is 2.26. The molecule has 1 fully saturated rings. The fourth-order valence-electron chi connectivity index (χ4n) is 3.42. The van der Waals surface area contributed by atoms with Gasteiger partial charge < -0.3 is 4.90 Å². The molecular weight excluding hydrogens is 327 g/mol. The zero-order valence-electron chi connectivity index (χ0n) is 15.0. The first-order valence-electron chi connectivity index (χ1n) is 8.61. The Labute approximate surface area is 149 Å². The van der Waals surface area contributed by atoms with E-state index in [0.717, 1.165) is 18.5 Å². The van der Waals surface area contributed by atoms with E-state index in [4.69, 9.17) is 11.6 Å². The van der Waals surface area contributed by atoms with Crippen LogP contribution in [0, 0.1) is 5.92 Å². The Bertz CT molecular complexity index is 547. The lowest BCUT2D eigenvalue weighted by Crippen LogP contribution is -2.51. The van der Waals surface area contributed by atoms with Crippen molar-refractivity contribution in [1.82, 2.24) is 9.80 Å². The number of rotatable bonds is 6. The molecule has 1 heterocycles. The molecule has 1 unspecified atom stereocenters. The second-order valence-corrected chi connectivity index (χ2v) is 7.69. The third kappa shape index (κ3) is 4.78. The number of carbonyl (C=O) groups excluding carboxylic acids is 1. The number of alkyl halides is 1. The van der Waals surface area contributed by atoms with Crippen molar-refractivity contribution in [3.05, 3.63) is 34.9 Å². The zero-order chi connectivity index (χ0) is 17.9. The molecule has 0 aliphatic carbocycles.